The maximum absolute atomic E-state index is 8.20. The summed E-state index contributed by atoms with van der Waals surface area (Å²) >= 11 is 0. The van der Waals surface area contributed by atoms with E-state index in [9.17, 15) is 0 Å². The lowest BCUT2D eigenvalue weighted by Crippen LogP contribution is -2.25. The second-order valence-corrected chi connectivity index (χ2v) is 9.47. The molecule has 0 spiro atoms. The molecule has 0 saturated carbocycles. The largest absolute Gasteiger partial charge is 0.379 e. The van der Waals surface area contributed by atoms with Crippen LogP contribution in [0.15, 0.2) is 15.3 Å². The van der Waals surface area contributed by atoms with Crippen molar-refractivity contribution in [1.82, 2.24) is 0 Å². The summed E-state index contributed by atoms with van der Waals surface area (Å²) in [5.41, 5.74) is 24.6. The normalized spacial score (nSPS) is 11.5. The summed E-state index contributed by atoms with van der Waals surface area (Å²) in [4.78, 5) is 7.96. The van der Waals surface area contributed by atoms with Crippen LogP contribution < -0.4 is 0 Å². The van der Waals surface area contributed by atoms with Gasteiger partial charge in [0.25, 0.3) is 0 Å². The minimum atomic E-state index is 0.00606. The molecule has 0 unspecified atom stereocenters. The average molecular weight is 710 g/mol. The van der Waals surface area contributed by atoms with Gasteiger partial charge >= 0.3 is 0 Å². The molecule has 0 aliphatic carbocycles. The highest BCUT2D eigenvalue weighted by Crippen LogP contribution is 2.01. The molecule has 0 aliphatic heterocycles. The Hall–Kier alpha value is -2.55. The zero-order chi connectivity index (χ0) is 35.4. The first-order valence-corrected chi connectivity index (χ1v) is 16.3. The van der Waals surface area contributed by atoms with Gasteiger partial charge in [0.05, 0.1) is 159 Å². The van der Waals surface area contributed by atoms with Crippen molar-refractivity contribution in [3.63, 3.8) is 0 Å². The lowest BCUT2D eigenvalue weighted by molar-refractivity contribution is -0.0465. The van der Waals surface area contributed by atoms with E-state index in [1.807, 2.05) is 0 Å². The van der Waals surface area contributed by atoms with E-state index in [4.69, 9.17) is 73.4 Å². The van der Waals surface area contributed by atoms with E-state index in [0.717, 1.165) is 0 Å². The Bertz CT molecular complexity index is 732. The second-order valence-electron chi connectivity index (χ2n) is 9.47. The fraction of sp³-hybridized carbons (Fsp3) is 1.00. The first kappa shape index (κ1) is 46.5. The maximum Gasteiger partial charge on any atom is 0.0701 e. The number of nitrogens with zero attached hydrogens (tertiary/aromatic N) is 9. The molecule has 0 fully saturated rings. The summed E-state index contributed by atoms with van der Waals surface area (Å²) in [7, 11) is 0. The predicted molar refractivity (Wildman–Crippen MR) is 175 cm³/mol. The molecule has 0 aromatic rings. The maximum atomic E-state index is 8.20. The van der Waals surface area contributed by atoms with Crippen LogP contribution in [0.5, 0.6) is 0 Å². The van der Waals surface area contributed by atoms with Crippen LogP contribution in [0, 0.1) is 5.92 Å². The number of hydrogen-bond acceptors (Lipinski definition) is 15. The molecule has 0 rings (SSSR count). The molecule has 0 aromatic heterocycles. The number of rotatable bonds is 42. The first-order chi connectivity index (χ1) is 24.3. The molecule has 0 aliphatic rings. The second kappa shape index (κ2) is 43.5. The highest BCUT2D eigenvalue weighted by molar-refractivity contribution is 4.57. The van der Waals surface area contributed by atoms with Crippen molar-refractivity contribution in [2.75, 3.05) is 178 Å². The molecule has 21 nitrogen and oxygen atoms in total. The number of hydrogen-bond donors (Lipinski definition) is 0. The molecule has 49 heavy (non-hydrogen) atoms. The molecule has 0 heterocycles. The molecule has 0 bridgehead atoms. The van der Waals surface area contributed by atoms with E-state index in [-0.39, 0.29) is 5.92 Å². The fourth-order valence-corrected chi connectivity index (χ4v) is 3.32. The molecular formula is C28H55N9O12. The van der Waals surface area contributed by atoms with Crippen LogP contribution in [0.1, 0.15) is 0 Å². The van der Waals surface area contributed by atoms with E-state index in [1.165, 1.54) is 0 Å². The Morgan fingerprint density at radius 2 is 0.469 bits per heavy atom. The Kier molecular flexibility index (Phi) is 41.2. The van der Waals surface area contributed by atoms with Gasteiger partial charge in [-0.25, -0.2) is 0 Å². The number of ether oxygens (including phenoxy) is 12. The summed E-state index contributed by atoms with van der Waals surface area (Å²) in [5.74, 6) is 0.00606. The van der Waals surface area contributed by atoms with Crippen molar-refractivity contribution in [2.45, 2.75) is 0 Å². The van der Waals surface area contributed by atoms with E-state index in [0.29, 0.717) is 178 Å². The van der Waals surface area contributed by atoms with Crippen LogP contribution in [0.2, 0.25) is 0 Å². The number of azide groups is 3. The lowest BCUT2D eigenvalue weighted by Gasteiger charge is -2.18. The van der Waals surface area contributed by atoms with Crippen LogP contribution in [0.4, 0.5) is 0 Å². The molecule has 0 N–H and O–H groups in total. The minimum absolute atomic E-state index is 0.00606. The van der Waals surface area contributed by atoms with Crippen molar-refractivity contribution < 1.29 is 56.8 Å². The molecule has 21 heteroatoms. The summed E-state index contributed by atoms with van der Waals surface area (Å²) in [5, 5.41) is 10.2. The Morgan fingerprint density at radius 1 is 0.286 bits per heavy atom. The van der Waals surface area contributed by atoms with Gasteiger partial charge in [0.15, 0.2) is 0 Å². The van der Waals surface area contributed by atoms with E-state index >= 15 is 0 Å². The fourth-order valence-electron chi connectivity index (χ4n) is 3.32. The van der Waals surface area contributed by atoms with Crippen LogP contribution in [-0.2, 0) is 56.8 Å². The molecule has 284 valence electrons. The molecule has 0 amide bonds. The van der Waals surface area contributed by atoms with Crippen molar-refractivity contribution >= 4 is 0 Å². The highest BCUT2D eigenvalue weighted by atomic mass is 16.6. The van der Waals surface area contributed by atoms with Gasteiger partial charge in [0.1, 0.15) is 0 Å². The standard InChI is InChI=1S/C28H55N9O12/c29-35-32-1-4-38-7-10-41-13-16-44-19-22-47-25-28(26-48-23-20-45-17-14-42-11-8-39-5-2-33-36-30)27-49-24-21-46-18-15-43-12-9-40-6-3-34-37-31/h28H,1-27H2. The summed E-state index contributed by atoms with van der Waals surface area (Å²) < 4.78 is 66.0. The quantitative estimate of drug-likeness (QED) is 0.0384. The van der Waals surface area contributed by atoms with Crippen molar-refractivity contribution in [1.29, 1.82) is 0 Å². The zero-order valence-electron chi connectivity index (χ0n) is 28.6. The molecule has 0 saturated heterocycles. The topological polar surface area (TPSA) is 257 Å². The molecule has 0 aromatic carbocycles. The van der Waals surface area contributed by atoms with Crippen LogP contribution in [0.3, 0.4) is 0 Å². The molecule has 0 radical (unpaired) electrons. The van der Waals surface area contributed by atoms with E-state index in [2.05, 4.69) is 30.1 Å². The lowest BCUT2D eigenvalue weighted by atomic mass is 10.2. The first-order valence-electron chi connectivity index (χ1n) is 16.3. The average Bonchev–Trinajstić information content (AvgIpc) is 3.11. The third-order valence-electron chi connectivity index (χ3n) is 5.61. The van der Waals surface area contributed by atoms with Gasteiger partial charge in [-0.1, -0.05) is 15.3 Å². The van der Waals surface area contributed by atoms with Crippen LogP contribution in [0.25, 0.3) is 31.3 Å². The highest BCUT2D eigenvalue weighted by Gasteiger charge is 2.10. The van der Waals surface area contributed by atoms with Gasteiger partial charge in [-0.15, -0.1) is 0 Å². The Balaban J connectivity index is 3.97. The molecular weight excluding hydrogens is 654 g/mol. The smallest absolute Gasteiger partial charge is 0.0701 e. The SMILES string of the molecule is [N-]=[N+]=NCCOCCOCCOCCOCC(COCCOCCOCCOCCN=[N+]=[N-])COCCOCCOCCOCCN=[N+]=[N-]. The summed E-state index contributed by atoms with van der Waals surface area (Å²) in [6, 6.07) is 0. The Labute approximate surface area is 287 Å². The summed E-state index contributed by atoms with van der Waals surface area (Å²) in [6.45, 7) is 11.1. The van der Waals surface area contributed by atoms with Crippen molar-refractivity contribution in [3.8, 4) is 0 Å². The van der Waals surface area contributed by atoms with Gasteiger partial charge in [0.2, 0.25) is 0 Å². The van der Waals surface area contributed by atoms with Gasteiger partial charge in [0, 0.05) is 40.3 Å². The van der Waals surface area contributed by atoms with E-state index < -0.39 is 0 Å². The van der Waals surface area contributed by atoms with Crippen molar-refractivity contribution in [3.05, 3.63) is 31.3 Å². The predicted octanol–water partition coefficient (Wildman–Crippen LogP) is 2.73. The van der Waals surface area contributed by atoms with Crippen LogP contribution >= 0.6 is 0 Å². The van der Waals surface area contributed by atoms with Gasteiger partial charge in [-0.05, 0) is 16.6 Å². The van der Waals surface area contributed by atoms with Crippen LogP contribution in [-0.4, -0.2) is 178 Å². The Morgan fingerprint density at radius 3 is 0.673 bits per heavy atom. The summed E-state index contributed by atoms with van der Waals surface area (Å²) in [6.07, 6.45) is 0. The van der Waals surface area contributed by atoms with E-state index in [1.54, 1.807) is 0 Å². The monoisotopic (exact) mass is 709 g/mol. The van der Waals surface area contributed by atoms with Gasteiger partial charge in [-0.3, -0.25) is 0 Å². The third kappa shape index (κ3) is 41.5. The van der Waals surface area contributed by atoms with Gasteiger partial charge < -0.3 is 56.8 Å². The van der Waals surface area contributed by atoms with Gasteiger partial charge in [-0.2, -0.15) is 0 Å². The zero-order valence-corrected chi connectivity index (χ0v) is 28.6. The van der Waals surface area contributed by atoms with Crippen molar-refractivity contribution in [2.24, 2.45) is 21.3 Å². The minimum Gasteiger partial charge on any atom is -0.379 e. The molecule has 0 atom stereocenters. The third-order valence-corrected chi connectivity index (χ3v) is 5.61.